The van der Waals surface area contributed by atoms with E-state index in [9.17, 15) is 9.59 Å². The first-order chi connectivity index (χ1) is 7.13. The molecule has 0 N–H and O–H groups in total. The van der Waals surface area contributed by atoms with Crippen LogP contribution in [0.15, 0.2) is 27.5 Å². The molecule has 1 heterocycles. The number of amidine groups is 1. The minimum Gasteiger partial charge on any atom is -0.465 e. The lowest BCUT2D eigenvalue weighted by Gasteiger charge is -2.03. The third-order valence-corrected chi connectivity index (χ3v) is 2.14. The smallest absolute Gasteiger partial charge is 0.316 e. The zero-order valence-electron chi connectivity index (χ0n) is 8.10. The van der Waals surface area contributed by atoms with Crippen LogP contribution in [0.5, 0.6) is 0 Å². The number of rotatable bonds is 3. The SMILES string of the molecule is C=C1N=NC(SCC(=O)OCC)=NC1=O. The van der Waals surface area contributed by atoms with Gasteiger partial charge in [0, 0.05) is 0 Å². The van der Waals surface area contributed by atoms with Crippen LogP contribution < -0.4 is 0 Å². The quantitative estimate of drug-likeness (QED) is 0.535. The van der Waals surface area contributed by atoms with E-state index in [2.05, 4.69) is 21.8 Å². The summed E-state index contributed by atoms with van der Waals surface area (Å²) in [5, 5.41) is 7.25. The fraction of sp³-hybridized carbons (Fsp3) is 0.375. The summed E-state index contributed by atoms with van der Waals surface area (Å²) < 4.78 is 4.69. The maximum absolute atomic E-state index is 11.0. The summed E-state index contributed by atoms with van der Waals surface area (Å²) in [7, 11) is 0. The second-order valence-electron chi connectivity index (χ2n) is 2.44. The van der Waals surface area contributed by atoms with Gasteiger partial charge in [-0.25, -0.2) is 0 Å². The van der Waals surface area contributed by atoms with Gasteiger partial charge in [0.15, 0.2) is 0 Å². The van der Waals surface area contributed by atoms with Gasteiger partial charge < -0.3 is 4.74 Å². The first-order valence-corrected chi connectivity index (χ1v) is 5.14. The molecular formula is C8H9N3O3S. The van der Waals surface area contributed by atoms with Crippen molar-refractivity contribution in [2.75, 3.05) is 12.4 Å². The van der Waals surface area contributed by atoms with Crippen LogP contribution in [0.3, 0.4) is 0 Å². The van der Waals surface area contributed by atoms with Crippen molar-refractivity contribution in [2.24, 2.45) is 15.2 Å². The van der Waals surface area contributed by atoms with Crippen molar-refractivity contribution in [1.29, 1.82) is 0 Å². The molecule has 0 saturated carbocycles. The van der Waals surface area contributed by atoms with E-state index in [1.807, 2.05) is 0 Å². The summed E-state index contributed by atoms with van der Waals surface area (Å²) in [4.78, 5) is 25.5. The Morgan fingerprint density at radius 3 is 2.87 bits per heavy atom. The molecule has 0 spiro atoms. The number of aliphatic imine (C=N–C) groups is 1. The molecule has 0 aliphatic carbocycles. The summed E-state index contributed by atoms with van der Waals surface area (Å²) in [6.45, 7) is 5.38. The van der Waals surface area contributed by atoms with Crippen LogP contribution >= 0.6 is 11.8 Å². The molecule has 1 rings (SSSR count). The number of nitrogens with zero attached hydrogens (tertiary/aromatic N) is 3. The average Bonchev–Trinajstić information content (AvgIpc) is 2.20. The average molecular weight is 227 g/mol. The zero-order valence-corrected chi connectivity index (χ0v) is 8.91. The van der Waals surface area contributed by atoms with Crippen LogP contribution in [0.2, 0.25) is 0 Å². The molecule has 80 valence electrons. The number of esters is 1. The molecule has 0 unspecified atom stereocenters. The molecule has 1 aliphatic heterocycles. The summed E-state index contributed by atoms with van der Waals surface area (Å²) in [6.07, 6.45) is 0. The lowest BCUT2D eigenvalue weighted by Crippen LogP contribution is -2.10. The number of carbonyl (C=O) groups is 2. The van der Waals surface area contributed by atoms with Crippen molar-refractivity contribution in [1.82, 2.24) is 0 Å². The van der Waals surface area contributed by atoms with E-state index in [-0.39, 0.29) is 22.6 Å². The predicted molar refractivity (Wildman–Crippen MR) is 55.5 cm³/mol. The van der Waals surface area contributed by atoms with E-state index in [0.29, 0.717) is 6.61 Å². The van der Waals surface area contributed by atoms with Crippen molar-refractivity contribution in [2.45, 2.75) is 6.92 Å². The van der Waals surface area contributed by atoms with E-state index < -0.39 is 5.91 Å². The maximum Gasteiger partial charge on any atom is 0.316 e. The van der Waals surface area contributed by atoms with Crippen LogP contribution in [0.25, 0.3) is 0 Å². The molecule has 0 atom stereocenters. The summed E-state index contributed by atoms with van der Waals surface area (Å²) >= 11 is 1.00. The van der Waals surface area contributed by atoms with Crippen molar-refractivity contribution in [3.8, 4) is 0 Å². The molecule has 0 radical (unpaired) electrons. The minimum atomic E-state index is -0.531. The molecule has 1 amide bonds. The van der Waals surface area contributed by atoms with Crippen molar-refractivity contribution >= 4 is 28.8 Å². The number of carbonyl (C=O) groups excluding carboxylic acids is 2. The lowest BCUT2D eigenvalue weighted by molar-refractivity contribution is -0.139. The highest BCUT2D eigenvalue weighted by Gasteiger charge is 2.14. The third kappa shape index (κ3) is 3.62. The van der Waals surface area contributed by atoms with Gasteiger partial charge >= 0.3 is 5.97 Å². The first kappa shape index (κ1) is 11.6. The molecule has 7 heteroatoms. The Balaban J connectivity index is 2.44. The van der Waals surface area contributed by atoms with Crippen LogP contribution in [-0.4, -0.2) is 29.4 Å². The molecule has 0 saturated heterocycles. The van der Waals surface area contributed by atoms with Gasteiger partial charge in [-0.05, 0) is 6.92 Å². The fourth-order valence-electron chi connectivity index (χ4n) is 0.707. The van der Waals surface area contributed by atoms with Crippen molar-refractivity contribution < 1.29 is 14.3 Å². The Bertz CT molecular complexity index is 362. The molecule has 0 aromatic rings. The predicted octanol–water partition coefficient (Wildman–Crippen LogP) is 1.14. The maximum atomic E-state index is 11.0. The first-order valence-electron chi connectivity index (χ1n) is 4.15. The highest BCUT2D eigenvalue weighted by molar-refractivity contribution is 8.14. The summed E-state index contributed by atoms with van der Waals surface area (Å²) in [6, 6.07) is 0. The second-order valence-corrected chi connectivity index (χ2v) is 3.38. The normalized spacial score (nSPS) is 15.1. The van der Waals surface area contributed by atoms with Crippen LogP contribution in [0, 0.1) is 0 Å². The number of ether oxygens (including phenoxy) is 1. The van der Waals surface area contributed by atoms with Gasteiger partial charge in [0.1, 0.15) is 5.70 Å². The van der Waals surface area contributed by atoms with Gasteiger partial charge in [-0.3, -0.25) is 9.59 Å². The summed E-state index contributed by atoms with van der Waals surface area (Å²) in [5.41, 5.74) is -0.00418. The van der Waals surface area contributed by atoms with Gasteiger partial charge in [-0.2, -0.15) is 4.99 Å². The summed E-state index contributed by atoms with van der Waals surface area (Å²) in [5.74, 6) is -0.848. The standard InChI is InChI=1S/C8H9N3O3S/c1-3-14-6(12)4-15-8-9-7(13)5(2)10-11-8/h2-4H2,1H3. The Labute approximate surface area is 90.5 Å². The van der Waals surface area contributed by atoms with E-state index in [4.69, 9.17) is 4.74 Å². The molecule has 0 bridgehead atoms. The van der Waals surface area contributed by atoms with Crippen LogP contribution in [0.1, 0.15) is 6.92 Å². The fourth-order valence-corrected chi connectivity index (χ4v) is 1.28. The third-order valence-electron chi connectivity index (χ3n) is 1.32. The number of azo groups is 1. The number of hydrogen-bond acceptors (Lipinski definition) is 6. The van der Waals surface area contributed by atoms with Gasteiger partial charge in [-0.15, -0.1) is 10.2 Å². The zero-order chi connectivity index (χ0) is 11.3. The molecule has 0 fully saturated rings. The van der Waals surface area contributed by atoms with Gasteiger partial charge in [-0.1, -0.05) is 18.3 Å². The van der Waals surface area contributed by atoms with Crippen molar-refractivity contribution in [3.05, 3.63) is 12.3 Å². The molecule has 15 heavy (non-hydrogen) atoms. The largest absolute Gasteiger partial charge is 0.465 e. The number of hydrogen-bond donors (Lipinski definition) is 0. The Morgan fingerprint density at radius 2 is 2.27 bits per heavy atom. The molecule has 0 aromatic carbocycles. The molecule has 0 aromatic heterocycles. The minimum absolute atomic E-state index is 0.00418. The number of thioether (sulfide) groups is 1. The van der Waals surface area contributed by atoms with Crippen LogP contribution in [0.4, 0.5) is 0 Å². The van der Waals surface area contributed by atoms with Gasteiger partial charge in [0.05, 0.1) is 12.4 Å². The van der Waals surface area contributed by atoms with E-state index >= 15 is 0 Å². The molecular weight excluding hydrogens is 218 g/mol. The Morgan fingerprint density at radius 1 is 1.53 bits per heavy atom. The topological polar surface area (TPSA) is 80.4 Å². The van der Waals surface area contributed by atoms with Gasteiger partial charge in [0.2, 0.25) is 5.17 Å². The van der Waals surface area contributed by atoms with Gasteiger partial charge in [0.25, 0.3) is 5.91 Å². The van der Waals surface area contributed by atoms with E-state index in [0.717, 1.165) is 11.8 Å². The molecule has 1 aliphatic rings. The second kappa shape index (κ2) is 5.40. The van der Waals surface area contributed by atoms with Crippen LogP contribution in [-0.2, 0) is 14.3 Å². The monoisotopic (exact) mass is 227 g/mol. The van der Waals surface area contributed by atoms with Crippen molar-refractivity contribution in [3.63, 3.8) is 0 Å². The molecule has 6 nitrogen and oxygen atoms in total. The Hall–Kier alpha value is -1.50. The highest BCUT2D eigenvalue weighted by Crippen LogP contribution is 2.14. The Kier molecular flexibility index (Phi) is 4.17. The number of amides is 1. The highest BCUT2D eigenvalue weighted by atomic mass is 32.2. The van der Waals surface area contributed by atoms with E-state index in [1.165, 1.54) is 0 Å². The lowest BCUT2D eigenvalue weighted by atomic mass is 10.5. The van der Waals surface area contributed by atoms with E-state index in [1.54, 1.807) is 6.92 Å².